The Bertz CT molecular complexity index is 782. The van der Waals surface area contributed by atoms with E-state index in [1.54, 1.807) is 29.2 Å². The lowest BCUT2D eigenvalue weighted by Gasteiger charge is -2.21. The second kappa shape index (κ2) is 7.95. The molecular weight excluding hydrogens is 328 g/mol. The number of fused-ring (bicyclic) bond motifs is 1. The summed E-state index contributed by atoms with van der Waals surface area (Å²) >= 11 is 0. The Morgan fingerprint density at radius 3 is 2.08 bits per heavy atom. The molecular formula is C21H22N2O3. The van der Waals surface area contributed by atoms with E-state index < -0.39 is 0 Å². The van der Waals surface area contributed by atoms with Gasteiger partial charge < -0.3 is 4.90 Å². The quantitative estimate of drug-likeness (QED) is 0.721. The smallest absolute Gasteiger partial charge is 0.261 e. The summed E-state index contributed by atoms with van der Waals surface area (Å²) in [5, 5.41) is 0. The monoisotopic (exact) mass is 350 g/mol. The van der Waals surface area contributed by atoms with Crippen LogP contribution >= 0.6 is 0 Å². The second-order valence-corrected chi connectivity index (χ2v) is 6.30. The van der Waals surface area contributed by atoms with Gasteiger partial charge in [0.15, 0.2) is 0 Å². The number of imide groups is 1. The van der Waals surface area contributed by atoms with Gasteiger partial charge in [-0.05, 0) is 31.0 Å². The van der Waals surface area contributed by atoms with Crippen molar-refractivity contribution in [1.29, 1.82) is 0 Å². The van der Waals surface area contributed by atoms with Gasteiger partial charge in [-0.3, -0.25) is 19.3 Å². The second-order valence-electron chi connectivity index (χ2n) is 6.30. The summed E-state index contributed by atoms with van der Waals surface area (Å²) in [6.45, 7) is 3.41. The number of benzene rings is 2. The van der Waals surface area contributed by atoms with Crippen LogP contribution in [0, 0.1) is 0 Å². The van der Waals surface area contributed by atoms with Crippen LogP contribution in [0.2, 0.25) is 0 Å². The molecule has 5 nitrogen and oxygen atoms in total. The molecule has 2 aromatic rings. The molecule has 5 heteroatoms. The van der Waals surface area contributed by atoms with Crippen molar-refractivity contribution in [3.8, 4) is 0 Å². The molecule has 1 aliphatic rings. The van der Waals surface area contributed by atoms with Gasteiger partial charge in [-0.1, -0.05) is 42.5 Å². The summed E-state index contributed by atoms with van der Waals surface area (Å²) in [4.78, 5) is 40.1. The first-order valence-corrected chi connectivity index (χ1v) is 8.88. The van der Waals surface area contributed by atoms with Crippen LogP contribution in [0.1, 0.15) is 46.0 Å². The Morgan fingerprint density at radius 1 is 0.923 bits per heavy atom. The molecule has 0 aromatic heterocycles. The van der Waals surface area contributed by atoms with Gasteiger partial charge in [0.05, 0.1) is 11.1 Å². The van der Waals surface area contributed by atoms with E-state index in [1.165, 1.54) is 4.90 Å². The Labute approximate surface area is 153 Å². The number of hydrogen-bond donors (Lipinski definition) is 0. The average molecular weight is 350 g/mol. The molecule has 0 bridgehead atoms. The van der Waals surface area contributed by atoms with Gasteiger partial charge >= 0.3 is 0 Å². The predicted molar refractivity (Wildman–Crippen MR) is 98.6 cm³/mol. The first-order valence-electron chi connectivity index (χ1n) is 8.88. The highest BCUT2D eigenvalue weighted by Crippen LogP contribution is 2.22. The van der Waals surface area contributed by atoms with Crippen LogP contribution < -0.4 is 0 Å². The fourth-order valence-corrected chi connectivity index (χ4v) is 3.17. The summed E-state index contributed by atoms with van der Waals surface area (Å²) in [6.07, 6.45) is 0.781. The van der Waals surface area contributed by atoms with E-state index in [1.807, 2.05) is 37.3 Å². The van der Waals surface area contributed by atoms with Crippen LogP contribution in [-0.4, -0.2) is 40.6 Å². The lowest BCUT2D eigenvalue weighted by Crippen LogP contribution is -2.33. The van der Waals surface area contributed by atoms with Crippen LogP contribution in [0.3, 0.4) is 0 Å². The molecule has 2 aromatic carbocycles. The molecule has 0 saturated heterocycles. The van der Waals surface area contributed by atoms with Gasteiger partial charge in [-0.15, -0.1) is 0 Å². The highest BCUT2D eigenvalue weighted by atomic mass is 16.2. The number of carbonyl (C=O) groups excluding carboxylic acids is 3. The maximum atomic E-state index is 12.5. The lowest BCUT2D eigenvalue weighted by molar-refractivity contribution is -0.131. The highest BCUT2D eigenvalue weighted by Gasteiger charge is 2.34. The molecule has 0 aliphatic carbocycles. The minimum atomic E-state index is -0.269. The highest BCUT2D eigenvalue weighted by molar-refractivity contribution is 6.21. The molecule has 0 atom stereocenters. The van der Waals surface area contributed by atoms with Crippen molar-refractivity contribution in [2.45, 2.75) is 26.3 Å². The van der Waals surface area contributed by atoms with Crippen molar-refractivity contribution >= 4 is 17.7 Å². The normalized spacial score (nSPS) is 13.0. The molecule has 0 unspecified atom stereocenters. The Hall–Kier alpha value is -2.95. The zero-order valence-corrected chi connectivity index (χ0v) is 14.9. The van der Waals surface area contributed by atoms with Crippen LogP contribution in [-0.2, 0) is 11.3 Å². The van der Waals surface area contributed by atoms with Gasteiger partial charge in [0.1, 0.15) is 0 Å². The predicted octanol–water partition coefficient (Wildman–Crippen LogP) is 3.11. The Balaban J connectivity index is 1.54. The van der Waals surface area contributed by atoms with Crippen molar-refractivity contribution in [3.63, 3.8) is 0 Å². The van der Waals surface area contributed by atoms with E-state index in [4.69, 9.17) is 0 Å². The number of carbonyl (C=O) groups is 3. The molecule has 0 radical (unpaired) electrons. The first kappa shape index (κ1) is 17.9. The SMILES string of the molecule is CCN(Cc1ccccc1)C(=O)CCCN1C(=O)c2ccccc2C1=O. The maximum absolute atomic E-state index is 12.5. The summed E-state index contributed by atoms with van der Waals surface area (Å²) in [6, 6.07) is 16.7. The van der Waals surface area contributed by atoms with Gasteiger partial charge in [0.25, 0.3) is 11.8 Å². The van der Waals surface area contributed by atoms with Gasteiger partial charge in [0.2, 0.25) is 5.91 Å². The fraction of sp³-hybridized carbons (Fsp3) is 0.286. The minimum Gasteiger partial charge on any atom is -0.339 e. The molecule has 0 N–H and O–H groups in total. The Morgan fingerprint density at radius 2 is 1.50 bits per heavy atom. The van der Waals surface area contributed by atoms with Gasteiger partial charge in [-0.2, -0.15) is 0 Å². The van der Waals surface area contributed by atoms with Gasteiger partial charge in [0, 0.05) is 26.1 Å². The van der Waals surface area contributed by atoms with Crippen molar-refractivity contribution in [2.24, 2.45) is 0 Å². The van der Waals surface area contributed by atoms with Crippen molar-refractivity contribution in [1.82, 2.24) is 9.80 Å². The molecule has 1 heterocycles. The summed E-state index contributed by atoms with van der Waals surface area (Å²) in [7, 11) is 0. The van der Waals surface area contributed by atoms with Crippen LogP contribution in [0.15, 0.2) is 54.6 Å². The van der Waals surface area contributed by atoms with Crippen LogP contribution in [0.25, 0.3) is 0 Å². The third-order valence-electron chi connectivity index (χ3n) is 4.60. The van der Waals surface area contributed by atoms with E-state index in [9.17, 15) is 14.4 Å². The Kier molecular flexibility index (Phi) is 5.46. The third-order valence-corrected chi connectivity index (χ3v) is 4.60. The lowest BCUT2D eigenvalue weighted by atomic mass is 10.1. The topological polar surface area (TPSA) is 57.7 Å². The maximum Gasteiger partial charge on any atom is 0.261 e. The van der Waals surface area contributed by atoms with E-state index >= 15 is 0 Å². The van der Waals surface area contributed by atoms with Crippen molar-refractivity contribution in [2.75, 3.05) is 13.1 Å². The molecule has 1 aliphatic heterocycles. The zero-order valence-electron chi connectivity index (χ0n) is 14.9. The van der Waals surface area contributed by atoms with E-state index in [-0.39, 0.29) is 24.3 Å². The molecule has 0 fully saturated rings. The van der Waals surface area contributed by atoms with E-state index in [2.05, 4.69) is 0 Å². The molecule has 3 rings (SSSR count). The van der Waals surface area contributed by atoms with E-state index in [0.717, 1.165) is 5.56 Å². The molecule has 26 heavy (non-hydrogen) atoms. The number of rotatable bonds is 7. The molecule has 3 amide bonds. The van der Waals surface area contributed by atoms with Crippen LogP contribution in [0.5, 0.6) is 0 Å². The number of hydrogen-bond acceptors (Lipinski definition) is 3. The van der Waals surface area contributed by atoms with Crippen molar-refractivity contribution in [3.05, 3.63) is 71.3 Å². The summed E-state index contributed by atoms with van der Waals surface area (Å²) in [5.74, 6) is -0.502. The third kappa shape index (κ3) is 3.67. The average Bonchev–Trinajstić information content (AvgIpc) is 2.92. The number of nitrogens with zero attached hydrogens (tertiary/aromatic N) is 2. The van der Waals surface area contributed by atoms with Gasteiger partial charge in [-0.25, -0.2) is 0 Å². The molecule has 0 saturated carbocycles. The largest absolute Gasteiger partial charge is 0.339 e. The number of amides is 3. The van der Waals surface area contributed by atoms with E-state index in [0.29, 0.717) is 37.1 Å². The first-order chi connectivity index (χ1) is 12.6. The van der Waals surface area contributed by atoms with Crippen LogP contribution in [0.4, 0.5) is 0 Å². The van der Waals surface area contributed by atoms with Crippen molar-refractivity contribution < 1.29 is 14.4 Å². The zero-order chi connectivity index (χ0) is 18.5. The molecule has 134 valence electrons. The fourth-order valence-electron chi connectivity index (χ4n) is 3.17. The molecule has 0 spiro atoms. The summed E-state index contributed by atoms with van der Waals surface area (Å²) in [5.41, 5.74) is 1.98. The standard InChI is InChI=1S/C21H22N2O3/c1-2-22(15-16-9-4-3-5-10-16)19(24)13-8-14-23-20(25)17-11-6-7-12-18(17)21(23)26/h3-7,9-12H,2,8,13-15H2,1H3. The minimum absolute atomic E-state index is 0.0352. The summed E-state index contributed by atoms with van der Waals surface area (Å²) < 4.78 is 0.